The lowest BCUT2D eigenvalue weighted by Gasteiger charge is -2.29. The number of anilines is 1. The second-order valence-electron chi connectivity index (χ2n) is 4.70. The minimum absolute atomic E-state index is 0.0410. The SMILES string of the molecule is COC(=O)CCC(=O)c1ccc2c(c1)N(C(C)=O)CCO2. The Morgan fingerprint density at radius 1 is 1.29 bits per heavy atom. The van der Waals surface area contributed by atoms with Crippen LogP contribution >= 0.6 is 0 Å². The van der Waals surface area contributed by atoms with Crippen LogP contribution in [0.5, 0.6) is 5.75 Å². The third kappa shape index (κ3) is 3.39. The summed E-state index contributed by atoms with van der Waals surface area (Å²) in [5, 5.41) is 0. The summed E-state index contributed by atoms with van der Waals surface area (Å²) in [6.07, 6.45) is 0.117. The number of ether oxygens (including phenoxy) is 2. The number of fused-ring (bicyclic) bond motifs is 1. The summed E-state index contributed by atoms with van der Waals surface area (Å²) in [5.41, 5.74) is 1.05. The summed E-state index contributed by atoms with van der Waals surface area (Å²) in [5.74, 6) is -0.105. The first kappa shape index (κ1) is 15.0. The molecular weight excluding hydrogens is 274 g/mol. The lowest BCUT2D eigenvalue weighted by atomic mass is 10.0. The van der Waals surface area contributed by atoms with Crippen LogP contribution in [0.1, 0.15) is 30.1 Å². The Morgan fingerprint density at radius 3 is 2.71 bits per heavy atom. The molecule has 0 radical (unpaired) electrons. The van der Waals surface area contributed by atoms with Gasteiger partial charge >= 0.3 is 5.97 Å². The number of carbonyl (C=O) groups is 3. The van der Waals surface area contributed by atoms with Crippen molar-refractivity contribution >= 4 is 23.3 Å². The van der Waals surface area contributed by atoms with Crippen molar-refractivity contribution in [3.8, 4) is 5.75 Å². The first-order valence-electron chi connectivity index (χ1n) is 6.68. The highest BCUT2D eigenvalue weighted by Crippen LogP contribution is 2.32. The van der Waals surface area contributed by atoms with Gasteiger partial charge in [0.05, 0.1) is 25.8 Å². The van der Waals surface area contributed by atoms with E-state index in [0.29, 0.717) is 30.2 Å². The van der Waals surface area contributed by atoms with Crippen LogP contribution < -0.4 is 9.64 Å². The highest BCUT2D eigenvalue weighted by Gasteiger charge is 2.22. The predicted molar refractivity (Wildman–Crippen MR) is 75.5 cm³/mol. The Hall–Kier alpha value is -2.37. The third-order valence-corrected chi connectivity index (χ3v) is 3.31. The first-order chi connectivity index (χ1) is 10.0. The molecule has 2 rings (SSSR count). The van der Waals surface area contributed by atoms with Crippen LogP contribution in [0, 0.1) is 0 Å². The maximum absolute atomic E-state index is 12.1. The van der Waals surface area contributed by atoms with Gasteiger partial charge in [-0.15, -0.1) is 0 Å². The van der Waals surface area contributed by atoms with Crippen molar-refractivity contribution in [2.45, 2.75) is 19.8 Å². The Labute approximate surface area is 122 Å². The van der Waals surface area contributed by atoms with E-state index in [1.807, 2.05) is 0 Å². The molecule has 21 heavy (non-hydrogen) atoms. The molecule has 1 heterocycles. The minimum Gasteiger partial charge on any atom is -0.490 e. The molecule has 0 spiro atoms. The number of amides is 1. The lowest BCUT2D eigenvalue weighted by Crippen LogP contribution is -2.36. The zero-order valence-electron chi connectivity index (χ0n) is 12.0. The summed E-state index contributed by atoms with van der Waals surface area (Å²) in [6.45, 7) is 2.37. The average molecular weight is 291 g/mol. The highest BCUT2D eigenvalue weighted by atomic mass is 16.5. The molecule has 1 aromatic carbocycles. The second-order valence-corrected chi connectivity index (χ2v) is 4.70. The third-order valence-electron chi connectivity index (χ3n) is 3.31. The van der Waals surface area contributed by atoms with Crippen LogP contribution in [0.2, 0.25) is 0 Å². The van der Waals surface area contributed by atoms with Crippen molar-refractivity contribution in [3.63, 3.8) is 0 Å². The maximum atomic E-state index is 12.1. The van der Waals surface area contributed by atoms with Gasteiger partial charge < -0.3 is 14.4 Å². The number of hydrogen-bond donors (Lipinski definition) is 0. The fourth-order valence-electron chi connectivity index (χ4n) is 2.18. The quantitative estimate of drug-likeness (QED) is 0.622. The molecule has 0 unspecified atom stereocenters. The summed E-state index contributed by atoms with van der Waals surface area (Å²) in [7, 11) is 1.29. The number of nitrogens with zero attached hydrogens (tertiary/aromatic N) is 1. The van der Waals surface area contributed by atoms with E-state index in [9.17, 15) is 14.4 Å². The van der Waals surface area contributed by atoms with Crippen LogP contribution in [0.3, 0.4) is 0 Å². The van der Waals surface area contributed by atoms with E-state index >= 15 is 0 Å². The number of carbonyl (C=O) groups excluding carboxylic acids is 3. The Balaban J connectivity index is 2.19. The van der Waals surface area contributed by atoms with Crippen molar-refractivity contribution < 1.29 is 23.9 Å². The van der Waals surface area contributed by atoms with Crippen LogP contribution in [0.15, 0.2) is 18.2 Å². The molecule has 1 aromatic rings. The molecule has 112 valence electrons. The van der Waals surface area contributed by atoms with Gasteiger partial charge in [0.25, 0.3) is 0 Å². The molecule has 0 bridgehead atoms. The molecular formula is C15H17NO5. The number of hydrogen-bond acceptors (Lipinski definition) is 5. The van der Waals surface area contributed by atoms with Gasteiger partial charge in [-0.05, 0) is 18.2 Å². The first-order valence-corrected chi connectivity index (χ1v) is 6.68. The molecule has 6 nitrogen and oxygen atoms in total. The van der Waals surface area contributed by atoms with Crippen LogP contribution in [-0.2, 0) is 14.3 Å². The summed E-state index contributed by atoms with van der Waals surface area (Å²) >= 11 is 0. The van der Waals surface area contributed by atoms with Crippen LogP contribution in [-0.4, -0.2) is 37.9 Å². The van der Waals surface area contributed by atoms with Gasteiger partial charge in [-0.1, -0.05) is 0 Å². The Bertz CT molecular complexity index is 581. The number of ketones is 1. The van der Waals surface area contributed by atoms with Gasteiger partial charge in [-0.25, -0.2) is 0 Å². The van der Waals surface area contributed by atoms with E-state index in [2.05, 4.69) is 4.74 Å². The predicted octanol–water partition coefficient (Wildman–Crippen LogP) is 1.57. The number of esters is 1. The molecule has 0 aliphatic carbocycles. The van der Waals surface area contributed by atoms with Gasteiger partial charge in [-0.3, -0.25) is 14.4 Å². The molecule has 1 aliphatic rings. The molecule has 0 aromatic heterocycles. The molecule has 0 saturated carbocycles. The van der Waals surface area contributed by atoms with Crippen molar-refractivity contribution in [3.05, 3.63) is 23.8 Å². The maximum Gasteiger partial charge on any atom is 0.305 e. The fraction of sp³-hybridized carbons (Fsp3) is 0.400. The molecule has 6 heteroatoms. The zero-order chi connectivity index (χ0) is 15.4. The Morgan fingerprint density at radius 2 is 2.05 bits per heavy atom. The fourth-order valence-corrected chi connectivity index (χ4v) is 2.18. The van der Waals surface area contributed by atoms with Crippen molar-refractivity contribution in [1.82, 2.24) is 0 Å². The number of methoxy groups -OCH3 is 1. The molecule has 1 amide bonds. The van der Waals surface area contributed by atoms with E-state index in [1.54, 1.807) is 23.1 Å². The van der Waals surface area contributed by atoms with Gasteiger partial charge in [0.15, 0.2) is 5.78 Å². The molecule has 1 aliphatic heterocycles. The Kier molecular flexibility index (Phi) is 4.57. The van der Waals surface area contributed by atoms with Crippen molar-refractivity contribution in [2.75, 3.05) is 25.2 Å². The van der Waals surface area contributed by atoms with E-state index in [4.69, 9.17) is 4.74 Å². The molecule has 0 fully saturated rings. The summed E-state index contributed by atoms with van der Waals surface area (Å²) in [4.78, 5) is 36.3. The van der Waals surface area contributed by atoms with Gasteiger partial charge in [0.2, 0.25) is 5.91 Å². The molecule has 0 N–H and O–H groups in total. The second kappa shape index (κ2) is 6.39. The number of benzene rings is 1. The minimum atomic E-state index is -0.421. The normalized spacial score (nSPS) is 13.1. The number of rotatable bonds is 4. The monoisotopic (exact) mass is 291 g/mol. The van der Waals surface area contributed by atoms with E-state index in [1.165, 1.54) is 14.0 Å². The molecule has 0 atom stereocenters. The van der Waals surface area contributed by atoms with E-state index in [0.717, 1.165) is 0 Å². The van der Waals surface area contributed by atoms with Crippen LogP contribution in [0.25, 0.3) is 0 Å². The van der Waals surface area contributed by atoms with Crippen LogP contribution in [0.4, 0.5) is 5.69 Å². The zero-order valence-corrected chi connectivity index (χ0v) is 12.0. The van der Waals surface area contributed by atoms with Gasteiger partial charge in [-0.2, -0.15) is 0 Å². The van der Waals surface area contributed by atoms with E-state index in [-0.39, 0.29) is 24.5 Å². The van der Waals surface area contributed by atoms with Gasteiger partial charge in [0.1, 0.15) is 12.4 Å². The average Bonchev–Trinajstić information content (AvgIpc) is 2.50. The smallest absolute Gasteiger partial charge is 0.305 e. The number of Topliss-reactive ketones (excluding diaryl/α,β-unsaturated/α-hetero) is 1. The lowest BCUT2D eigenvalue weighted by molar-refractivity contribution is -0.140. The van der Waals surface area contributed by atoms with Crippen molar-refractivity contribution in [1.29, 1.82) is 0 Å². The summed E-state index contributed by atoms with van der Waals surface area (Å²) < 4.78 is 9.99. The molecule has 0 saturated heterocycles. The topological polar surface area (TPSA) is 72.9 Å². The van der Waals surface area contributed by atoms with Gasteiger partial charge in [0, 0.05) is 18.9 Å². The van der Waals surface area contributed by atoms with E-state index < -0.39 is 5.97 Å². The summed E-state index contributed by atoms with van der Waals surface area (Å²) in [6, 6.07) is 4.95. The van der Waals surface area contributed by atoms with Crippen molar-refractivity contribution in [2.24, 2.45) is 0 Å². The highest BCUT2D eigenvalue weighted by molar-refractivity contribution is 6.01. The standard InChI is InChI=1S/C15H17NO5/c1-10(17)16-7-8-21-14-5-3-11(9-12(14)16)13(18)4-6-15(19)20-2/h3,5,9H,4,6-8H2,1-2H3. The largest absolute Gasteiger partial charge is 0.490 e.